The number of carbonyl (C=O) groups is 3. The Morgan fingerprint density at radius 3 is 2.61 bits per heavy atom. The molecule has 0 aliphatic rings. The van der Waals surface area contributed by atoms with Crippen molar-refractivity contribution >= 4 is 33.7 Å². The fraction of sp³-hybridized carbons (Fsp3) is 0.267. The highest BCUT2D eigenvalue weighted by molar-refractivity contribution is 9.10. The number of aryl methyl sites for hydroxylation is 1. The average molecular weight is 385 g/mol. The summed E-state index contributed by atoms with van der Waals surface area (Å²) in [6.07, 6.45) is 1.92. The topological polar surface area (TPSA) is 93.7 Å². The summed E-state index contributed by atoms with van der Waals surface area (Å²) < 4.78 is 10.6. The molecule has 1 aromatic carbocycles. The van der Waals surface area contributed by atoms with Gasteiger partial charge in [0.15, 0.2) is 6.61 Å². The van der Waals surface area contributed by atoms with Gasteiger partial charge in [-0.3, -0.25) is 20.4 Å². The van der Waals surface area contributed by atoms with Crippen LogP contribution < -0.4 is 15.6 Å². The zero-order chi connectivity index (χ0) is 17.2. The first-order chi connectivity index (χ1) is 10.9. The van der Waals surface area contributed by atoms with E-state index in [1.165, 1.54) is 0 Å². The molecular weight excluding hydrogens is 368 g/mol. The summed E-state index contributed by atoms with van der Waals surface area (Å²) >= 11 is 3.33. The Hall–Kier alpha value is -2.35. The molecule has 0 aliphatic carbocycles. The summed E-state index contributed by atoms with van der Waals surface area (Å²) in [5.74, 6) is -1.33. The van der Waals surface area contributed by atoms with Crippen LogP contribution in [0.5, 0.6) is 5.75 Å². The van der Waals surface area contributed by atoms with Gasteiger partial charge in [-0.2, -0.15) is 0 Å². The van der Waals surface area contributed by atoms with Gasteiger partial charge in [0.25, 0.3) is 11.8 Å². The zero-order valence-corrected chi connectivity index (χ0v) is 14.3. The van der Waals surface area contributed by atoms with Crippen molar-refractivity contribution in [3.8, 4) is 5.75 Å². The van der Waals surface area contributed by atoms with Crippen molar-refractivity contribution in [2.24, 2.45) is 0 Å². The van der Waals surface area contributed by atoms with Crippen LogP contribution in [0.4, 0.5) is 0 Å². The molecule has 0 aromatic heterocycles. The van der Waals surface area contributed by atoms with Crippen molar-refractivity contribution in [1.29, 1.82) is 0 Å². The van der Waals surface area contributed by atoms with Gasteiger partial charge in [0.1, 0.15) is 5.75 Å². The Kier molecular flexibility index (Phi) is 7.82. The number of hydrogen-bond acceptors (Lipinski definition) is 5. The van der Waals surface area contributed by atoms with Crippen molar-refractivity contribution < 1.29 is 23.9 Å². The summed E-state index contributed by atoms with van der Waals surface area (Å²) in [6, 6.07) is 5.43. The minimum atomic E-state index is -0.664. The second-order valence-electron chi connectivity index (χ2n) is 4.35. The lowest BCUT2D eigenvalue weighted by atomic mass is 10.2. The van der Waals surface area contributed by atoms with Gasteiger partial charge in [0, 0.05) is 12.2 Å². The molecule has 23 heavy (non-hydrogen) atoms. The number of rotatable bonds is 6. The SMILES string of the molecule is CCOC(=O)/C=C/C(=O)NNC(=O)COc1ccc(C)cc1Br. The number of amides is 2. The van der Waals surface area contributed by atoms with Crippen LogP contribution in [0, 0.1) is 6.92 Å². The Balaban J connectivity index is 2.34. The van der Waals surface area contributed by atoms with Crippen molar-refractivity contribution in [2.45, 2.75) is 13.8 Å². The molecule has 8 heteroatoms. The molecule has 0 heterocycles. The second kappa shape index (κ2) is 9.62. The van der Waals surface area contributed by atoms with Gasteiger partial charge in [0.05, 0.1) is 11.1 Å². The Morgan fingerprint density at radius 2 is 1.96 bits per heavy atom. The van der Waals surface area contributed by atoms with Crippen LogP contribution in [0.25, 0.3) is 0 Å². The molecule has 0 radical (unpaired) electrons. The molecule has 1 rings (SSSR count). The average Bonchev–Trinajstić information content (AvgIpc) is 2.50. The first-order valence-corrected chi connectivity index (χ1v) is 7.54. The number of benzene rings is 1. The van der Waals surface area contributed by atoms with Gasteiger partial charge in [-0.05, 0) is 47.5 Å². The predicted octanol–water partition coefficient (Wildman–Crippen LogP) is 1.40. The largest absolute Gasteiger partial charge is 0.483 e. The number of hydrazine groups is 1. The lowest BCUT2D eigenvalue weighted by molar-refractivity contribution is -0.137. The van der Waals surface area contributed by atoms with Crippen molar-refractivity contribution in [3.63, 3.8) is 0 Å². The first kappa shape index (κ1) is 18.7. The van der Waals surface area contributed by atoms with E-state index in [4.69, 9.17) is 4.74 Å². The van der Waals surface area contributed by atoms with Crippen molar-refractivity contribution in [2.75, 3.05) is 13.2 Å². The maximum atomic E-state index is 11.6. The minimum absolute atomic E-state index is 0.216. The molecule has 0 saturated carbocycles. The summed E-state index contributed by atoms with van der Waals surface area (Å²) in [5.41, 5.74) is 5.32. The molecule has 0 bridgehead atoms. The highest BCUT2D eigenvalue weighted by Crippen LogP contribution is 2.25. The van der Waals surface area contributed by atoms with E-state index < -0.39 is 17.8 Å². The third-order valence-corrected chi connectivity index (χ3v) is 3.05. The smallest absolute Gasteiger partial charge is 0.330 e. The summed E-state index contributed by atoms with van der Waals surface area (Å²) in [4.78, 5) is 33.9. The predicted molar refractivity (Wildman–Crippen MR) is 86.4 cm³/mol. The summed E-state index contributed by atoms with van der Waals surface area (Å²) in [7, 11) is 0. The van der Waals surface area contributed by atoms with Gasteiger partial charge < -0.3 is 9.47 Å². The Bertz CT molecular complexity index is 616. The van der Waals surface area contributed by atoms with Gasteiger partial charge in [-0.1, -0.05) is 6.07 Å². The first-order valence-electron chi connectivity index (χ1n) is 6.75. The van der Waals surface area contributed by atoms with E-state index in [-0.39, 0.29) is 13.2 Å². The van der Waals surface area contributed by atoms with E-state index in [1.54, 1.807) is 13.0 Å². The molecular formula is C15H17BrN2O5. The Labute approximate surface area is 142 Å². The Morgan fingerprint density at radius 1 is 1.22 bits per heavy atom. The standard InChI is InChI=1S/C15H17BrN2O5/c1-3-22-15(21)7-6-13(19)17-18-14(20)9-23-12-5-4-10(2)8-11(12)16/h4-8H,3,9H2,1-2H3,(H,17,19)(H,18,20)/b7-6+. The van der Waals surface area contributed by atoms with E-state index in [1.807, 2.05) is 19.1 Å². The molecule has 0 saturated heterocycles. The highest BCUT2D eigenvalue weighted by atomic mass is 79.9. The molecule has 0 unspecified atom stereocenters. The van der Waals surface area contributed by atoms with Crippen molar-refractivity contribution in [3.05, 3.63) is 40.4 Å². The molecule has 2 amide bonds. The van der Waals surface area contributed by atoms with E-state index >= 15 is 0 Å². The van der Waals surface area contributed by atoms with Crippen LogP contribution in [-0.4, -0.2) is 31.0 Å². The number of esters is 1. The molecule has 0 fully saturated rings. The maximum absolute atomic E-state index is 11.6. The number of carbonyl (C=O) groups excluding carboxylic acids is 3. The highest BCUT2D eigenvalue weighted by Gasteiger charge is 2.06. The lowest BCUT2D eigenvalue weighted by Crippen LogP contribution is -2.43. The van der Waals surface area contributed by atoms with E-state index in [0.717, 1.165) is 22.2 Å². The summed E-state index contributed by atoms with van der Waals surface area (Å²) in [6.45, 7) is 3.52. The van der Waals surface area contributed by atoms with Gasteiger partial charge in [-0.25, -0.2) is 4.79 Å². The van der Waals surface area contributed by atoms with Crippen LogP contribution in [0.15, 0.2) is 34.8 Å². The fourth-order valence-corrected chi connectivity index (χ4v) is 2.02. The van der Waals surface area contributed by atoms with E-state index in [2.05, 4.69) is 31.5 Å². The quantitative estimate of drug-likeness (QED) is 0.439. The third-order valence-electron chi connectivity index (χ3n) is 2.43. The van der Waals surface area contributed by atoms with Gasteiger partial charge in [-0.15, -0.1) is 0 Å². The molecule has 0 atom stereocenters. The molecule has 0 aliphatic heterocycles. The molecule has 2 N–H and O–H groups in total. The monoisotopic (exact) mass is 384 g/mol. The summed E-state index contributed by atoms with van der Waals surface area (Å²) in [5, 5.41) is 0. The van der Waals surface area contributed by atoms with E-state index in [9.17, 15) is 14.4 Å². The maximum Gasteiger partial charge on any atom is 0.330 e. The van der Waals surface area contributed by atoms with Crippen LogP contribution in [0.1, 0.15) is 12.5 Å². The molecule has 124 valence electrons. The molecule has 1 aromatic rings. The van der Waals surface area contributed by atoms with Crippen LogP contribution in [0.2, 0.25) is 0 Å². The van der Waals surface area contributed by atoms with Crippen molar-refractivity contribution in [1.82, 2.24) is 10.9 Å². The van der Waals surface area contributed by atoms with Gasteiger partial charge in [0.2, 0.25) is 0 Å². The van der Waals surface area contributed by atoms with Crippen LogP contribution in [-0.2, 0) is 19.1 Å². The minimum Gasteiger partial charge on any atom is -0.483 e. The third kappa shape index (κ3) is 7.46. The number of ether oxygens (including phenoxy) is 2. The second-order valence-corrected chi connectivity index (χ2v) is 5.20. The zero-order valence-electron chi connectivity index (χ0n) is 12.7. The van der Waals surface area contributed by atoms with Crippen LogP contribution >= 0.6 is 15.9 Å². The fourth-order valence-electron chi connectivity index (χ4n) is 1.41. The van der Waals surface area contributed by atoms with Gasteiger partial charge >= 0.3 is 5.97 Å². The number of halogens is 1. The number of hydrogen-bond donors (Lipinski definition) is 2. The lowest BCUT2D eigenvalue weighted by Gasteiger charge is -2.09. The molecule has 7 nitrogen and oxygen atoms in total. The normalized spacial score (nSPS) is 10.2. The number of nitrogens with one attached hydrogen (secondary N) is 2. The van der Waals surface area contributed by atoms with E-state index in [0.29, 0.717) is 5.75 Å². The molecule has 0 spiro atoms. The van der Waals surface area contributed by atoms with Crippen LogP contribution in [0.3, 0.4) is 0 Å².